The molecule has 7 nitrogen and oxygen atoms in total. The van der Waals surface area contributed by atoms with Crippen molar-refractivity contribution < 1.29 is 23.5 Å². The zero-order chi connectivity index (χ0) is 26.2. The molecule has 1 heterocycles. The first-order valence-electron chi connectivity index (χ1n) is 11.9. The number of amidine groups is 1. The molecular weight excluding hydrogens is 493 g/mol. The van der Waals surface area contributed by atoms with Crippen LogP contribution in [0.1, 0.15) is 18.9 Å². The molecule has 0 aliphatic carbocycles. The first-order chi connectivity index (χ1) is 18.0. The number of halogens is 1. The molecule has 1 aliphatic heterocycles. The van der Waals surface area contributed by atoms with Crippen molar-refractivity contribution in [2.45, 2.75) is 25.0 Å². The molecule has 37 heavy (non-hydrogen) atoms. The number of benzene rings is 3. The van der Waals surface area contributed by atoms with Gasteiger partial charge in [0.1, 0.15) is 28.3 Å². The van der Waals surface area contributed by atoms with Crippen molar-refractivity contribution in [2.75, 3.05) is 25.6 Å². The van der Waals surface area contributed by atoms with E-state index in [2.05, 4.69) is 10.3 Å². The van der Waals surface area contributed by atoms with Gasteiger partial charge in [0.25, 0.3) is 0 Å². The van der Waals surface area contributed by atoms with Gasteiger partial charge in [0, 0.05) is 18.7 Å². The lowest BCUT2D eigenvalue weighted by molar-refractivity contribution is -0.129. The lowest BCUT2D eigenvalue weighted by atomic mass is 10.1. The number of hydrogen-bond donors (Lipinski definition) is 1. The van der Waals surface area contributed by atoms with E-state index in [0.717, 1.165) is 23.1 Å². The molecule has 2 amide bonds. The minimum Gasteiger partial charge on any atom is -0.497 e. The molecule has 9 heteroatoms. The van der Waals surface area contributed by atoms with Crippen LogP contribution in [-0.4, -0.2) is 47.4 Å². The fourth-order valence-electron chi connectivity index (χ4n) is 3.76. The Bertz CT molecular complexity index is 1270. The molecule has 4 rings (SSSR count). The smallest absolute Gasteiger partial charge is 0.238 e. The molecule has 0 saturated carbocycles. The topological polar surface area (TPSA) is 80.2 Å². The van der Waals surface area contributed by atoms with Gasteiger partial charge < -0.3 is 14.8 Å². The molecule has 1 atom stereocenters. The highest BCUT2D eigenvalue weighted by Gasteiger charge is 2.36. The van der Waals surface area contributed by atoms with Crippen LogP contribution in [0.2, 0.25) is 0 Å². The average Bonchev–Trinajstić information content (AvgIpc) is 2.91. The van der Waals surface area contributed by atoms with Crippen LogP contribution in [0, 0.1) is 5.82 Å². The minimum atomic E-state index is -0.707. The third kappa shape index (κ3) is 6.89. The van der Waals surface area contributed by atoms with E-state index in [-0.39, 0.29) is 23.9 Å². The second-order valence-corrected chi connectivity index (χ2v) is 9.42. The van der Waals surface area contributed by atoms with Crippen LogP contribution in [0.25, 0.3) is 0 Å². The normalized spacial score (nSPS) is 16.5. The number of rotatable bonds is 9. The van der Waals surface area contributed by atoms with E-state index in [1.165, 1.54) is 11.0 Å². The number of nitrogens with one attached hydrogen (secondary N) is 1. The van der Waals surface area contributed by atoms with Crippen molar-refractivity contribution in [1.82, 2.24) is 4.90 Å². The van der Waals surface area contributed by atoms with E-state index in [1.54, 1.807) is 49.6 Å². The Morgan fingerprint density at radius 3 is 2.46 bits per heavy atom. The maximum atomic E-state index is 14.4. The van der Waals surface area contributed by atoms with Crippen molar-refractivity contribution in [3.8, 4) is 11.5 Å². The van der Waals surface area contributed by atoms with Gasteiger partial charge in [-0.3, -0.25) is 14.5 Å². The number of thioether (sulfide) groups is 1. The quantitative estimate of drug-likeness (QED) is 0.406. The largest absolute Gasteiger partial charge is 0.497 e. The van der Waals surface area contributed by atoms with E-state index in [4.69, 9.17) is 9.47 Å². The summed E-state index contributed by atoms with van der Waals surface area (Å²) < 4.78 is 25.0. The summed E-state index contributed by atoms with van der Waals surface area (Å²) in [6, 6.07) is 20.7. The van der Waals surface area contributed by atoms with Crippen molar-refractivity contribution in [3.05, 3.63) is 84.2 Å². The van der Waals surface area contributed by atoms with Gasteiger partial charge in [-0.15, -0.1) is 0 Å². The van der Waals surface area contributed by atoms with Gasteiger partial charge in [-0.2, -0.15) is 0 Å². The Morgan fingerprint density at radius 2 is 1.78 bits per heavy atom. The third-order valence-corrected chi connectivity index (χ3v) is 6.90. The zero-order valence-electron chi connectivity index (χ0n) is 20.6. The zero-order valence-corrected chi connectivity index (χ0v) is 21.5. The number of nitrogens with zero attached hydrogens (tertiary/aromatic N) is 2. The highest BCUT2D eigenvalue weighted by atomic mass is 32.2. The number of amides is 2. The number of carbonyl (C=O) groups excluding carboxylic acids is 2. The number of anilines is 1. The van der Waals surface area contributed by atoms with E-state index < -0.39 is 11.1 Å². The van der Waals surface area contributed by atoms with Crippen LogP contribution >= 0.6 is 11.8 Å². The summed E-state index contributed by atoms with van der Waals surface area (Å²) >= 11 is 1.16. The Kier molecular flexibility index (Phi) is 8.79. The maximum absolute atomic E-state index is 14.4. The molecule has 3 aromatic rings. The second kappa shape index (κ2) is 12.4. The monoisotopic (exact) mass is 521 g/mol. The number of hydrogen-bond acceptors (Lipinski definition) is 6. The summed E-state index contributed by atoms with van der Waals surface area (Å²) in [6.45, 7) is 2.79. The van der Waals surface area contributed by atoms with E-state index in [9.17, 15) is 14.0 Å². The number of ether oxygens (including phenoxy) is 2. The molecule has 0 aromatic heterocycles. The van der Waals surface area contributed by atoms with Gasteiger partial charge in [-0.25, -0.2) is 9.38 Å². The van der Waals surface area contributed by atoms with Crippen LogP contribution in [0.4, 0.5) is 15.8 Å². The van der Waals surface area contributed by atoms with Gasteiger partial charge in [0.05, 0.1) is 13.7 Å². The van der Waals surface area contributed by atoms with Crippen LogP contribution in [-0.2, 0) is 16.0 Å². The number of aliphatic imine (C=N–C) groups is 1. The summed E-state index contributed by atoms with van der Waals surface area (Å²) in [5.74, 6) is 0.387. The van der Waals surface area contributed by atoms with Gasteiger partial charge in [0.2, 0.25) is 11.8 Å². The standard InChI is InChI=1S/C28H28FN3O4S/c1-3-36-22-14-10-20(11-15-22)30-27(34)25-18-26(33)32(17-16-19-8-12-21(35-2)13-9-19)28(37-25)31-24-7-5-4-6-23(24)29/h4-15,25H,3,16-18H2,1-2H3,(H,30,34). The van der Waals surface area contributed by atoms with E-state index >= 15 is 0 Å². The summed E-state index contributed by atoms with van der Waals surface area (Å²) in [5, 5.41) is 2.44. The first-order valence-corrected chi connectivity index (χ1v) is 12.8. The lowest BCUT2D eigenvalue weighted by Crippen LogP contribution is -2.46. The maximum Gasteiger partial charge on any atom is 0.238 e. The molecule has 1 aliphatic rings. The molecule has 1 fully saturated rings. The molecular formula is C28H28FN3O4S. The van der Waals surface area contributed by atoms with Gasteiger partial charge in [0.15, 0.2) is 5.17 Å². The summed E-state index contributed by atoms with van der Waals surface area (Å²) in [7, 11) is 1.60. The van der Waals surface area contributed by atoms with Crippen LogP contribution in [0.15, 0.2) is 77.8 Å². The predicted octanol–water partition coefficient (Wildman–Crippen LogP) is 5.44. The Hall–Kier alpha value is -3.85. The summed E-state index contributed by atoms with van der Waals surface area (Å²) in [5.41, 5.74) is 1.72. The lowest BCUT2D eigenvalue weighted by Gasteiger charge is -2.32. The van der Waals surface area contributed by atoms with Gasteiger partial charge >= 0.3 is 0 Å². The SMILES string of the molecule is CCOc1ccc(NC(=O)C2CC(=O)N(CCc3ccc(OC)cc3)C(=Nc3ccccc3F)S2)cc1. The highest BCUT2D eigenvalue weighted by Crippen LogP contribution is 2.31. The van der Waals surface area contributed by atoms with Gasteiger partial charge in [-0.05, 0) is 67.4 Å². The fourth-order valence-corrected chi connectivity index (χ4v) is 4.88. The molecule has 192 valence electrons. The van der Waals surface area contributed by atoms with E-state index in [0.29, 0.717) is 36.2 Å². The molecule has 1 N–H and O–H groups in total. The van der Waals surface area contributed by atoms with Crippen LogP contribution in [0.3, 0.4) is 0 Å². The predicted molar refractivity (Wildman–Crippen MR) is 144 cm³/mol. The second-order valence-electron chi connectivity index (χ2n) is 8.25. The molecule has 3 aromatic carbocycles. The summed E-state index contributed by atoms with van der Waals surface area (Å²) in [4.78, 5) is 32.3. The fraction of sp³-hybridized carbons (Fsp3) is 0.250. The average molecular weight is 522 g/mol. The molecule has 0 radical (unpaired) electrons. The van der Waals surface area contributed by atoms with Gasteiger partial charge in [-0.1, -0.05) is 36.0 Å². The van der Waals surface area contributed by atoms with Crippen molar-refractivity contribution in [3.63, 3.8) is 0 Å². The third-order valence-electron chi connectivity index (χ3n) is 5.72. The Balaban J connectivity index is 1.52. The molecule has 0 bridgehead atoms. The van der Waals surface area contributed by atoms with Crippen LogP contribution in [0.5, 0.6) is 11.5 Å². The number of para-hydroxylation sites is 1. The Morgan fingerprint density at radius 1 is 1.08 bits per heavy atom. The number of carbonyl (C=O) groups is 2. The van der Waals surface area contributed by atoms with Crippen LogP contribution < -0.4 is 14.8 Å². The Labute approximate surface area is 219 Å². The minimum absolute atomic E-state index is 0.00638. The molecule has 1 saturated heterocycles. The number of methoxy groups -OCH3 is 1. The van der Waals surface area contributed by atoms with Crippen molar-refractivity contribution >= 4 is 40.1 Å². The highest BCUT2D eigenvalue weighted by molar-refractivity contribution is 8.15. The van der Waals surface area contributed by atoms with E-state index in [1.807, 2.05) is 31.2 Å². The van der Waals surface area contributed by atoms with Crippen molar-refractivity contribution in [1.29, 1.82) is 0 Å². The first kappa shape index (κ1) is 26.2. The molecule has 0 spiro atoms. The summed E-state index contributed by atoms with van der Waals surface area (Å²) in [6.07, 6.45) is 0.571. The van der Waals surface area contributed by atoms with Crippen molar-refractivity contribution in [2.24, 2.45) is 4.99 Å². The molecule has 1 unspecified atom stereocenters.